The molecule has 0 aliphatic heterocycles. The predicted molar refractivity (Wildman–Crippen MR) is 58.3 cm³/mol. The first-order valence-corrected chi connectivity index (χ1v) is 3.97. The molecule has 1 aromatic rings. The highest BCUT2D eigenvalue weighted by Crippen LogP contribution is 2.14. The Morgan fingerprint density at radius 1 is 1.33 bits per heavy atom. The van der Waals surface area contributed by atoms with E-state index in [1.165, 1.54) is 12.1 Å². The van der Waals surface area contributed by atoms with E-state index < -0.39 is 11.9 Å². The standard InChI is InChI=1S/C9H10N2O3.ClH/c10-5-8(12)11-7-4-2-1-3-6(7)9(13)14;/h1-4H,5,10H2,(H,11,12)(H,13,14);1H. The zero-order chi connectivity index (χ0) is 10.6. The summed E-state index contributed by atoms with van der Waals surface area (Å²) in [5, 5.41) is 11.2. The first-order valence-electron chi connectivity index (χ1n) is 3.97. The molecule has 0 aromatic heterocycles. The highest BCUT2D eigenvalue weighted by molar-refractivity contribution is 6.00. The van der Waals surface area contributed by atoms with Gasteiger partial charge in [-0.3, -0.25) is 4.79 Å². The van der Waals surface area contributed by atoms with Crippen molar-refractivity contribution in [2.24, 2.45) is 5.73 Å². The molecule has 0 fully saturated rings. The fourth-order valence-corrected chi connectivity index (χ4v) is 0.980. The molecule has 6 heteroatoms. The number of carboxylic acid groups (broad SMARTS) is 1. The van der Waals surface area contributed by atoms with E-state index in [4.69, 9.17) is 10.8 Å². The van der Waals surface area contributed by atoms with E-state index in [-0.39, 0.29) is 30.2 Å². The van der Waals surface area contributed by atoms with Gasteiger partial charge in [-0.15, -0.1) is 12.4 Å². The molecule has 15 heavy (non-hydrogen) atoms. The summed E-state index contributed by atoms with van der Waals surface area (Å²) >= 11 is 0. The van der Waals surface area contributed by atoms with Crippen molar-refractivity contribution < 1.29 is 14.7 Å². The highest BCUT2D eigenvalue weighted by atomic mass is 35.5. The second kappa shape index (κ2) is 6.00. The lowest BCUT2D eigenvalue weighted by molar-refractivity contribution is -0.114. The number of halogens is 1. The number of amides is 1. The number of hydrogen-bond acceptors (Lipinski definition) is 3. The number of nitrogens with two attached hydrogens (primary N) is 1. The van der Waals surface area contributed by atoms with Crippen molar-refractivity contribution in [3.63, 3.8) is 0 Å². The summed E-state index contributed by atoms with van der Waals surface area (Å²) in [6.07, 6.45) is 0. The van der Waals surface area contributed by atoms with Gasteiger partial charge in [-0.2, -0.15) is 0 Å². The van der Waals surface area contributed by atoms with E-state index in [1.807, 2.05) is 0 Å². The lowest BCUT2D eigenvalue weighted by Gasteiger charge is -2.06. The molecule has 0 bridgehead atoms. The van der Waals surface area contributed by atoms with Crippen LogP contribution >= 0.6 is 12.4 Å². The molecular formula is C9H11ClN2O3. The first kappa shape index (κ1) is 13.4. The zero-order valence-electron chi connectivity index (χ0n) is 7.77. The molecular weight excluding hydrogens is 220 g/mol. The lowest BCUT2D eigenvalue weighted by atomic mass is 10.2. The summed E-state index contributed by atoms with van der Waals surface area (Å²) in [6.45, 7) is -0.173. The van der Waals surface area contributed by atoms with Gasteiger partial charge < -0.3 is 16.2 Å². The van der Waals surface area contributed by atoms with Gasteiger partial charge in [0.2, 0.25) is 5.91 Å². The quantitative estimate of drug-likeness (QED) is 0.713. The number of hydrogen-bond donors (Lipinski definition) is 3. The van der Waals surface area contributed by atoms with Crippen LogP contribution in [0.5, 0.6) is 0 Å². The third kappa shape index (κ3) is 3.57. The van der Waals surface area contributed by atoms with Crippen molar-refractivity contribution in [3.8, 4) is 0 Å². The van der Waals surface area contributed by atoms with Crippen LogP contribution in [0.1, 0.15) is 10.4 Å². The summed E-state index contributed by atoms with van der Waals surface area (Å²) in [7, 11) is 0. The molecule has 82 valence electrons. The molecule has 0 aliphatic carbocycles. The highest BCUT2D eigenvalue weighted by Gasteiger charge is 2.10. The Morgan fingerprint density at radius 2 is 1.93 bits per heavy atom. The molecule has 0 radical (unpaired) electrons. The Morgan fingerprint density at radius 3 is 2.47 bits per heavy atom. The third-order valence-electron chi connectivity index (χ3n) is 1.62. The molecule has 0 spiro atoms. The largest absolute Gasteiger partial charge is 0.478 e. The van der Waals surface area contributed by atoms with Crippen LogP contribution in [0.2, 0.25) is 0 Å². The Balaban J connectivity index is 0.00000196. The molecule has 0 saturated heterocycles. The van der Waals surface area contributed by atoms with E-state index in [0.29, 0.717) is 0 Å². The number of anilines is 1. The third-order valence-corrected chi connectivity index (χ3v) is 1.62. The number of carboxylic acids is 1. The van der Waals surface area contributed by atoms with E-state index in [9.17, 15) is 9.59 Å². The Kier molecular flexibility index (Phi) is 5.36. The normalized spacial score (nSPS) is 8.87. The maximum Gasteiger partial charge on any atom is 0.337 e. The van der Waals surface area contributed by atoms with Gasteiger partial charge >= 0.3 is 5.97 Å². The SMILES string of the molecule is Cl.NCC(=O)Nc1ccccc1C(=O)O. The number of nitrogens with one attached hydrogen (secondary N) is 1. The Hall–Kier alpha value is -1.59. The number of benzene rings is 1. The number of aromatic carboxylic acids is 1. The van der Waals surface area contributed by atoms with Crippen LogP contribution in [0.3, 0.4) is 0 Å². The summed E-state index contributed by atoms with van der Waals surface area (Å²) in [4.78, 5) is 21.6. The van der Waals surface area contributed by atoms with Crippen molar-refractivity contribution in [2.45, 2.75) is 0 Å². The topological polar surface area (TPSA) is 92.4 Å². The Bertz CT molecular complexity index is 368. The van der Waals surface area contributed by atoms with Crippen LogP contribution in [0.15, 0.2) is 24.3 Å². The van der Waals surface area contributed by atoms with Gasteiger partial charge in [0.1, 0.15) is 0 Å². The minimum absolute atomic E-state index is 0. The summed E-state index contributed by atoms with van der Waals surface area (Å²) in [5.74, 6) is -1.50. The molecule has 0 unspecified atom stereocenters. The minimum atomic E-state index is -1.09. The van der Waals surface area contributed by atoms with Crippen molar-refractivity contribution in [1.82, 2.24) is 0 Å². The van der Waals surface area contributed by atoms with Gasteiger partial charge in [-0.25, -0.2) is 4.79 Å². The van der Waals surface area contributed by atoms with E-state index in [1.54, 1.807) is 12.1 Å². The maximum absolute atomic E-state index is 10.9. The van der Waals surface area contributed by atoms with Crippen molar-refractivity contribution in [2.75, 3.05) is 11.9 Å². The average molecular weight is 231 g/mol. The molecule has 5 nitrogen and oxygen atoms in total. The molecule has 0 atom stereocenters. The molecule has 0 saturated carbocycles. The second-order valence-corrected chi connectivity index (χ2v) is 2.60. The van der Waals surface area contributed by atoms with Gasteiger partial charge in [-0.05, 0) is 12.1 Å². The molecule has 0 heterocycles. The monoisotopic (exact) mass is 230 g/mol. The van der Waals surface area contributed by atoms with Gasteiger partial charge in [0.25, 0.3) is 0 Å². The van der Waals surface area contributed by atoms with Crippen molar-refractivity contribution >= 4 is 30.0 Å². The molecule has 0 aliphatic rings. The van der Waals surface area contributed by atoms with E-state index >= 15 is 0 Å². The van der Waals surface area contributed by atoms with Crippen LogP contribution in [0, 0.1) is 0 Å². The van der Waals surface area contributed by atoms with Crippen molar-refractivity contribution in [3.05, 3.63) is 29.8 Å². The number of para-hydroxylation sites is 1. The number of rotatable bonds is 3. The fraction of sp³-hybridized carbons (Fsp3) is 0.111. The minimum Gasteiger partial charge on any atom is -0.478 e. The average Bonchev–Trinajstić information content (AvgIpc) is 2.18. The predicted octanol–water partition coefficient (Wildman–Crippen LogP) is 0.704. The van der Waals surface area contributed by atoms with Gasteiger partial charge in [0.05, 0.1) is 17.8 Å². The summed E-state index contributed by atoms with van der Waals surface area (Å²) in [6, 6.07) is 6.14. The molecule has 4 N–H and O–H groups in total. The lowest BCUT2D eigenvalue weighted by Crippen LogP contribution is -2.23. The first-order chi connectivity index (χ1) is 6.65. The van der Waals surface area contributed by atoms with E-state index in [0.717, 1.165) is 0 Å². The van der Waals surface area contributed by atoms with Crippen LogP contribution < -0.4 is 11.1 Å². The molecule has 1 amide bonds. The van der Waals surface area contributed by atoms with E-state index in [2.05, 4.69) is 5.32 Å². The Labute approximate surface area is 92.7 Å². The van der Waals surface area contributed by atoms with Crippen LogP contribution in [-0.4, -0.2) is 23.5 Å². The molecule has 1 rings (SSSR count). The summed E-state index contributed by atoms with van der Waals surface area (Å²) < 4.78 is 0. The van der Waals surface area contributed by atoms with Gasteiger partial charge in [-0.1, -0.05) is 12.1 Å². The van der Waals surface area contributed by atoms with Crippen molar-refractivity contribution in [1.29, 1.82) is 0 Å². The molecule has 1 aromatic carbocycles. The number of carbonyl (C=O) groups is 2. The fourth-order valence-electron chi connectivity index (χ4n) is 0.980. The second-order valence-electron chi connectivity index (χ2n) is 2.60. The van der Waals surface area contributed by atoms with Crippen LogP contribution in [0.4, 0.5) is 5.69 Å². The van der Waals surface area contributed by atoms with Gasteiger partial charge in [0.15, 0.2) is 0 Å². The maximum atomic E-state index is 10.9. The van der Waals surface area contributed by atoms with Crippen LogP contribution in [-0.2, 0) is 4.79 Å². The summed E-state index contributed by atoms with van der Waals surface area (Å²) in [5.41, 5.74) is 5.40. The van der Waals surface area contributed by atoms with Gasteiger partial charge in [0, 0.05) is 0 Å². The number of carbonyl (C=O) groups excluding carboxylic acids is 1. The van der Waals surface area contributed by atoms with Crippen LogP contribution in [0.25, 0.3) is 0 Å². The zero-order valence-corrected chi connectivity index (χ0v) is 8.58. The smallest absolute Gasteiger partial charge is 0.337 e.